The molecule has 6 heteroatoms. The van der Waals surface area contributed by atoms with Crippen molar-refractivity contribution in [3.63, 3.8) is 0 Å². The van der Waals surface area contributed by atoms with Crippen molar-refractivity contribution in [2.45, 2.75) is 11.8 Å². The molecule has 2 aromatic carbocycles. The number of carbonyl (C=O) groups excluding carboxylic acids is 2. The predicted molar refractivity (Wildman–Crippen MR) is 94.7 cm³/mol. The zero-order valence-corrected chi connectivity index (χ0v) is 14.4. The molecule has 0 bridgehead atoms. The van der Waals surface area contributed by atoms with Gasteiger partial charge < -0.3 is 14.8 Å². The van der Waals surface area contributed by atoms with Gasteiger partial charge >= 0.3 is 5.97 Å². The molecular formula is C18H19NO4S. The Bertz CT molecular complexity index is 700. The van der Waals surface area contributed by atoms with Gasteiger partial charge in [0.05, 0.1) is 17.9 Å². The van der Waals surface area contributed by atoms with Crippen LogP contribution in [0.25, 0.3) is 0 Å². The van der Waals surface area contributed by atoms with E-state index < -0.39 is 0 Å². The normalized spacial score (nSPS) is 10.1. The van der Waals surface area contributed by atoms with E-state index in [1.165, 1.54) is 0 Å². The Morgan fingerprint density at radius 1 is 1.08 bits per heavy atom. The predicted octanol–water partition coefficient (Wildman–Crippen LogP) is 3.60. The summed E-state index contributed by atoms with van der Waals surface area (Å²) in [6.45, 7) is 1.97. The number of anilines is 1. The zero-order chi connectivity index (χ0) is 17.4. The summed E-state index contributed by atoms with van der Waals surface area (Å²) in [6.07, 6.45) is 1.95. The first kappa shape index (κ1) is 17.9. The summed E-state index contributed by atoms with van der Waals surface area (Å²) in [5.74, 6) is -0.113. The quantitative estimate of drug-likeness (QED) is 0.613. The van der Waals surface area contributed by atoms with Crippen LogP contribution in [-0.4, -0.2) is 31.3 Å². The van der Waals surface area contributed by atoms with Crippen LogP contribution in [0, 0.1) is 0 Å². The number of esters is 1. The maximum absolute atomic E-state index is 12.0. The van der Waals surface area contributed by atoms with E-state index in [1.807, 2.05) is 30.5 Å². The molecule has 0 unspecified atom stereocenters. The second-order valence-electron chi connectivity index (χ2n) is 4.78. The third kappa shape index (κ3) is 5.03. The topological polar surface area (TPSA) is 64.6 Å². The van der Waals surface area contributed by atoms with Gasteiger partial charge in [-0.25, -0.2) is 4.79 Å². The maximum Gasteiger partial charge on any atom is 0.338 e. The molecule has 0 aliphatic rings. The molecule has 0 heterocycles. The fraction of sp³-hybridized carbons (Fsp3) is 0.222. The molecule has 24 heavy (non-hydrogen) atoms. The summed E-state index contributed by atoms with van der Waals surface area (Å²) in [6, 6.07) is 14.0. The molecule has 0 aromatic heterocycles. The highest BCUT2D eigenvalue weighted by molar-refractivity contribution is 7.98. The highest BCUT2D eigenvalue weighted by Gasteiger charge is 2.09. The summed E-state index contributed by atoms with van der Waals surface area (Å²) in [7, 11) is 0. The van der Waals surface area contributed by atoms with Crippen LogP contribution in [0.2, 0.25) is 0 Å². The Balaban J connectivity index is 1.88. The lowest BCUT2D eigenvalue weighted by molar-refractivity contribution is -0.118. The standard InChI is InChI=1S/C18H19NO4S/c1-3-22-18(21)13-8-10-14(11-9-13)23-12-17(20)19-15-6-4-5-7-16(15)24-2/h4-11H,3,12H2,1-2H3,(H,19,20). The van der Waals surface area contributed by atoms with Gasteiger partial charge in [0.25, 0.3) is 5.91 Å². The number of rotatable bonds is 7. The summed E-state index contributed by atoms with van der Waals surface area (Å²) in [5, 5.41) is 2.82. The number of para-hydroxylation sites is 1. The van der Waals surface area contributed by atoms with Crippen molar-refractivity contribution in [3.8, 4) is 5.75 Å². The third-order valence-corrected chi connectivity index (χ3v) is 3.91. The zero-order valence-electron chi connectivity index (χ0n) is 13.6. The largest absolute Gasteiger partial charge is 0.484 e. The van der Waals surface area contributed by atoms with E-state index in [1.54, 1.807) is 43.0 Å². The summed E-state index contributed by atoms with van der Waals surface area (Å²) < 4.78 is 10.3. The van der Waals surface area contributed by atoms with Gasteiger partial charge in [-0.2, -0.15) is 0 Å². The molecule has 0 radical (unpaired) electrons. The first-order chi connectivity index (χ1) is 11.6. The van der Waals surface area contributed by atoms with E-state index >= 15 is 0 Å². The van der Waals surface area contributed by atoms with Crippen molar-refractivity contribution in [2.75, 3.05) is 24.8 Å². The van der Waals surface area contributed by atoms with Crippen molar-refractivity contribution >= 4 is 29.3 Å². The molecule has 0 spiro atoms. The van der Waals surface area contributed by atoms with Crippen LogP contribution >= 0.6 is 11.8 Å². The Kier molecular flexibility index (Phi) is 6.69. The van der Waals surface area contributed by atoms with Gasteiger partial charge in [-0.15, -0.1) is 11.8 Å². The maximum atomic E-state index is 12.0. The lowest BCUT2D eigenvalue weighted by atomic mass is 10.2. The Morgan fingerprint density at radius 3 is 2.46 bits per heavy atom. The monoisotopic (exact) mass is 345 g/mol. The molecule has 0 atom stereocenters. The van der Waals surface area contributed by atoms with Gasteiger partial charge in [0.1, 0.15) is 5.75 Å². The molecule has 126 valence electrons. The summed E-state index contributed by atoms with van der Waals surface area (Å²) in [5.41, 5.74) is 1.21. The number of hydrogen-bond donors (Lipinski definition) is 1. The van der Waals surface area contributed by atoms with Crippen LogP contribution < -0.4 is 10.1 Å². The van der Waals surface area contributed by atoms with Crippen LogP contribution in [0.5, 0.6) is 5.75 Å². The molecule has 0 saturated heterocycles. The second-order valence-corrected chi connectivity index (χ2v) is 5.63. The Morgan fingerprint density at radius 2 is 1.79 bits per heavy atom. The number of hydrogen-bond acceptors (Lipinski definition) is 5. The first-order valence-corrected chi connectivity index (χ1v) is 8.69. The van der Waals surface area contributed by atoms with Crippen LogP contribution in [-0.2, 0) is 9.53 Å². The van der Waals surface area contributed by atoms with Gasteiger partial charge in [0.2, 0.25) is 0 Å². The molecule has 1 N–H and O–H groups in total. The number of amides is 1. The van der Waals surface area contributed by atoms with Crippen LogP contribution in [0.15, 0.2) is 53.4 Å². The molecular weight excluding hydrogens is 326 g/mol. The number of ether oxygens (including phenoxy) is 2. The minimum absolute atomic E-state index is 0.110. The van der Waals surface area contributed by atoms with Crippen molar-refractivity contribution in [2.24, 2.45) is 0 Å². The van der Waals surface area contributed by atoms with E-state index in [0.717, 1.165) is 10.6 Å². The molecule has 2 aromatic rings. The van der Waals surface area contributed by atoms with Gasteiger partial charge in [-0.05, 0) is 49.6 Å². The van der Waals surface area contributed by atoms with Crippen LogP contribution in [0.3, 0.4) is 0 Å². The average molecular weight is 345 g/mol. The molecule has 1 amide bonds. The molecule has 0 saturated carbocycles. The van der Waals surface area contributed by atoms with E-state index in [4.69, 9.17) is 9.47 Å². The molecule has 0 fully saturated rings. The van der Waals surface area contributed by atoms with E-state index in [-0.39, 0.29) is 18.5 Å². The summed E-state index contributed by atoms with van der Waals surface area (Å²) >= 11 is 1.56. The van der Waals surface area contributed by atoms with E-state index in [9.17, 15) is 9.59 Å². The molecule has 2 rings (SSSR count). The highest BCUT2D eigenvalue weighted by Crippen LogP contribution is 2.24. The first-order valence-electron chi connectivity index (χ1n) is 7.47. The van der Waals surface area contributed by atoms with Crippen LogP contribution in [0.1, 0.15) is 17.3 Å². The SMILES string of the molecule is CCOC(=O)c1ccc(OCC(=O)Nc2ccccc2SC)cc1. The third-order valence-electron chi connectivity index (χ3n) is 3.12. The van der Waals surface area contributed by atoms with E-state index in [2.05, 4.69) is 5.32 Å². The van der Waals surface area contributed by atoms with Gasteiger partial charge in [-0.3, -0.25) is 4.79 Å². The van der Waals surface area contributed by atoms with Crippen LogP contribution in [0.4, 0.5) is 5.69 Å². The number of thioether (sulfide) groups is 1. The minimum Gasteiger partial charge on any atom is -0.484 e. The van der Waals surface area contributed by atoms with Crippen molar-refractivity contribution in [1.82, 2.24) is 0 Å². The Hall–Kier alpha value is -2.47. The molecule has 5 nitrogen and oxygen atoms in total. The van der Waals surface area contributed by atoms with Crippen molar-refractivity contribution in [1.29, 1.82) is 0 Å². The van der Waals surface area contributed by atoms with Gasteiger partial charge in [-0.1, -0.05) is 12.1 Å². The smallest absolute Gasteiger partial charge is 0.338 e. The fourth-order valence-electron chi connectivity index (χ4n) is 1.98. The van der Waals surface area contributed by atoms with E-state index in [0.29, 0.717) is 17.9 Å². The number of carbonyl (C=O) groups is 2. The number of nitrogens with one attached hydrogen (secondary N) is 1. The van der Waals surface area contributed by atoms with Crippen molar-refractivity contribution < 1.29 is 19.1 Å². The van der Waals surface area contributed by atoms with Gasteiger partial charge in [0, 0.05) is 4.90 Å². The molecule has 0 aliphatic heterocycles. The summed E-state index contributed by atoms with van der Waals surface area (Å²) in [4.78, 5) is 24.5. The minimum atomic E-state index is -0.379. The fourth-order valence-corrected chi connectivity index (χ4v) is 2.54. The molecule has 0 aliphatic carbocycles. The van der Waals surface area contributed by atoms with Crippen molar-refractivity contribution in [3.05, 3.63) is 54.1 Å². The number of benzene rings is 2. The van der Waals surface area contributed by atoms with Gasteiger partial charge in [0.15, 0.2) is 6.61 Å². The average Bonchev–Trinajstić information content (AvgIpc) is 2.61. The highest BCUT2D eigenvalue weighted by atomic mass is 32.2. The Labute approximate surface area is 145 Å². The second kappa shape index (κ2) is 8.98. The lowest BCUT2D eigenvalue weighted by Gasteiger charge is -2.10. The lowest BCUT2D eigenvalue weighted by Crippen LogP contribution is -2.20.